The molecule has 0 atom stereocenters. The van der Waals surface area contributed by atoms with Crippen LogP contribution in [0, 0.1) is 0 Å². The lowest BCUT2D eigenvalue weighted by Gasteiger charge is -2.21. The predicted octanol–water partition coefficient (Wildman–Crippen LogP) is 13.0. The number of fused-ring (bicyclic) bond motifs is 15. The molecule has 0 N–H and O–H groups in total. The Kier molecular flexibility index (Phi) is 5.43. The molecule has 4 heterocycles. The monoisotopic (exact) mass is 683 g/mol. The van der Waals surface area contributed by atoms with Gasteiger partial charge in [-0.2, -0.15) is 0 Å². The fourth-order valence-corrected chi connectivity index (χ4v) is 10.1. The normalized spacial score (nSPS) is 13.7. The van der Waals surface area contributed by atoms with Crippen LogP contribution in [0.2, 0.25) is 0 Å². The van der Waals surface area contributed by atoms with E-state index in [0.717, 1.165) is 38.8 Å². The van der Waals surface area contributed by atoms with E-state index in [1.54, 1.807) is 0 Å². The lowest BCUT2D eigenvalue weighted by molar-refractivity contribution is 0.661. The summed E-state index contributed by atoms with van der Waals surface area (Å²) < 4.78 is 11.5. The van der Waals surface area contributed by atoms with E-state index in [0.29, 0.717) is 11.5 Å². The molecule has 0 saturated carbocycles. The molecule has 0 aliphatic heterocycles. The molecule has 52 heavy (non-hydrogen) atoms. The molecule has 244 valence electrons. The lowest BCUT2D eigenvalue weighted by atomic mass is 9.82. The molecule has 4 nitrogen and oxygen atoms in total. The van der Waals surface area contributed by atoms with Crippen LogP contribution in [0.1, 0.15) is 25.0 Å². The van der Waals surface area contributed by atoms with E-state index in [4.69, 9.17) is 14.4 Å². The molecule has 4 aromatic heterocycles. The quantitative estimate of drug-likeness (QED) is 0.182. The molecule has 7 aromatic carbocycles. The van der Waals surface area contributed by atoms with Gasteiger partial charge in [-0.3, -0.25) is 4.57 Å². The zero-order chi connectivity index (χ0) is 34.3. The van der Waals surface area contributed by atoms with Crippen molar-refractivity contribution in [3.63, 3.8) is 0 Å². The fourth-order valence-electron chi connectivity index (χ4n) is 9.02. The van der Waals surface area contributed by atoms with E-state index in [-0.39, 0.29) is 5.41 Å². The van der Waals surface area contributed by atoms with Crippen LogP contribution in [0.5, 0.6) is 0 Å². The molecule has 0 saturated heterocycles. The van der Waals surface area contributed by atoms with Gasteiger partial charge in [0.1, 0.15) is 16.8 Å². The maximum absolute atomic E-state index is 6.63. The van der Waals surface area contributed by atoms with Crippen molar-refractivity contribution in [3.05, 3.63) is 151 Å². The van der Waals surface area contributed by atoms with E-state index in [9.17, 15) is 0 Å². The number of hydrogen-bond donors (Lipinski definition) is 0. The van der Waals surface area contributed by atoms with Crippen molar-refractivity contribution in [2.24, 2.45) is 0 Å². The maximum Gasteiger partial charge on any atom is 0.236 e. The fraction of sp³-hybridized carbons (Fsp3) is 0.0638. The summed E-state index contributed by atoms with van der Waals surface area (Å²) in [4.78, 5) is 10.9. The second-order valence-electron chi connectivity index (χ2n) is 14.5. The molecule has 0 amide bonds. The number of benzene rings is 7. The topological polar surface area (TPSA) is 43.9 Å². The average Bonchev–Trinajstić information content (AvgIpc) is 3.91. The first-order valence-corrected chi connectivity index (χ1v) is 18.6. The van der Waals surface area contributed by atoms with Gasteiger partial charge in [-0.15, -0.1) is 11.3 Å². The van der Waals surface area contributed by atoms with E-state index >= 15 is 0 Å². The molecule has 1 aliphatic rings. The number of furan rings is 1. The highest BCUT2D eigenvalue weighted by Crippen LogP contribution is 2.53. The zero-order valence-corrected chi connectivity index (χ0v) is 29.3. The van der Waals surface area contributed by atoms with E-state index < -0.39 is 0 Å². The van der Waals surface area contributed by atoms with Crippen LogP contribution >= 0.6 is 11.3 Å². The van der Waals surface area contributed by atoms with Gasteiger partial charge in [0.25, 0.3) is 0 Å². The van der Waals surface area contributed by atoms with Gasteiger partial charge in [0.15, 0.2) is 5.58 Å². The minimum absolute atomic E-state index is 0.117. The SMILES string of the molecule is CC1(C)c2ccccc2-c2c1ccc1c2c2ccc3ccccc3c2n1-c1nc(-c2ccc3sc4ccccc4c3c2)c2oc3ccccc3c2n1. The van der Waals surface area contributed by atoms with Gasteiger partial charge in [-0.05, 0) is 64.0 Å². The predicted molar refractivity (Wildman–Crippen MR) is 217 cm³/mol. The number of thiophene rings is 1. The summed E-state index contributed by atoms with van der Waals surface area (Å²) in [6, 6.07) is 50.3. The zero-order valence-electron chi connectivity index (χ0n) is 28.4. The molecule has 0 fully saturated rings. The van der Waals surface area contributed by atoms with Crippen LogP contribution in [0.4, 0.5) is 0 Å². The standard InChI is InChI=1S/C47H29N3OS/c1-47(2)34-16-8-5-14-30(34)40-35(47)22-23-36-41(40)32-21-19-26-11-3-4-12-28(26)44(32)50(36)46-48-42(45-43(49-46)31-15-6-9-17-37(31)51-45)27-20-24-39-33(25-27)29-13-7-10-18-38(29)52-39/h3-25H,1-2H3. The Morgan fingerprint density at radius 1 is 0.615 bits per heavy atom. The Morgan fingerprint density at radius 3 is 2.31 bits per heavy atom. The molecule has 11 aromatic rings. The first-order chi connectivity index (χ1) is 25.5. The van der Waals surface area contributed by atoms with Crippen molar-refractivity contribution in [2.75, 3.05) is 0 Å². The number of rotatable bonds is 2. The third-order valence-corrected chi connectivity index (χ3v) is 12.6. The Balaban J connectivity index is 1.25. The Labute approximate surface area is 302 Å². The maximum atomic E-state index is 6.63. The van der Waals surface area contributed by atoms with Gasteiger partial charge >= 0.3 is 0 Å². The molecule has 1 aliphatic carbocycles. The Bertz CT molecular complexity index is 3340. The van der Waals surface area contributed by atoms with Crippen LogP contribution in [-0.2, 0) is 5.41 Å². The summed E-state index contributed by atoms with van der Waals surface area (Å²) >= 11 is 1.82. The summed E-state index contributed by atoms with van der Waals surface area (Å²) in [5.41, 5.74) is 11.5. The van der Waals surface area contributed by atoms with Crippen molar-refractivity contribution in [2.45, 2.75) is 19.3 Å². The van der Waals surface area contributed by atoms with Gasteiger partial charge in [0.05, 0.1) is 11.0 Å². The highest BCUT2D eigenvalue weighted by molar-refractivity contribution is 7.25. The lowest BCUT2D eigenvalue weighted by Crippen LogP contribution is -2.14. The Hall–Kier alpha value is -6.30. The van der Waals surface area contributed by atoms with Crippen LogP contribution in [-0.4, -0.2) is 14.5 Å². The van der Waals surface area contributed by atoms with Crippen LogP contribution in [0.3, 0.4) is 0 Å². The second kappa shape index (κ2) is 9.93. The first-order valence-electron chi connectivity index (χ1n) is 17.8. The molecular formula is C47H29N3OS. The highest BCUT2D eigenvalue weighted by atomic mass is 32.1. The third-order valence-electron chi connectivity index (χ3n) is 11.4. The summed E-state index contributed by atoms with van der Waals surface area (Å²) in [6.07, 6.45) is 0. The van der Waals surface area contributed by atoms with Crippen molar-refractivity contribution in [1.29, 1.82) is 0 Å². The number of para-hydroxylation sites is 1. The number of aromatic nitrogens is 3. The smallest absolute Gasteiger partial charge is 0.236 e. The summed E-state index contributed by atoms with van der Waals surface area (Å²) in [5, 5.41) is 8.25. The van der Waals surface area contributed by atoms with Crippen molar-refractivity contribution in [1.82, 2.24) is 14.5 Å². The molecule has 0 unspecified atom stereocenters. The van der Waals surface area contributed by atoms with Gasteiger partial charge in [0.2, 0.25) is 5.95 Å². The van der Waals surface area contributed by atoms with Crippen molar-refractivity contribution >= 4 is 86.2 Å². The molecule has 0 radical (unpaired) electrons. The van der Waals surface area contributed by atoms with Gasteiger partial charge in [-0.25, -0.2) is 9.97 Å². The minimum Gasteiger partial charge on any atom is -0.452 e. The van der Waals surface area contributed by atoms with Crippen LogP contribution in [0.15, 0.2) is 144 Å². The molecule has 12 rings (SSSR count). The van der Waals surface area contributed by atoms with E-state index in [2.05, 4.69) is 146 Å². The third kappa shape index (κ3) is 3.60. The van der Waals surface area contributed by atoms with Crippen LogP contribution < -0.4 is 0 Å². The molecule has 0 bridgehead atoms. The molecular weight excluding hydrogens is 655 g/mol. The number of hydrogen-bond acceptors (Lipinski definition) is 4. The second-order valence-corrected chi connectivity index (χ2v) is 15.6. The average molecular weight is 684 g/mol. The van der Waals surface area contributed by atoms with E-state index in [1.165, 1.54) is 64.0 Å². The van der Waals surface area contributed by atoms with Gasteiger partial charge in [-0.1, -0.05) is 117 Å². The van der Waals surface area contributed by atoms with Gasteiger partial charge < -0.3 is 4.42 Å². The van der Waals surface area contributed by atoms with Gasteiger partial charge in [0, 0.05) is 52.7 Å². The number of nitrogens with zero attached hydrogens (tertiary/aromatic N) is 3. The minimum atomic E-state index is -0.117. The van der Waals surface area contributed by atoms with Crippen molar-refractivity contribution < 1.29 is 4.42 Å². The molecule has 0 spiro atoms. The van der Waals surface area contributed by atoms with Crippen LogP contribution in [0.25, 0.3) is 103 Å². The van der Waals surface area contributed by atoms with Crippen molar-refractivity contribution in [3.8, 4) is 28.3 Å². The highest BCUT2D eigenvalue weighted by Gasteiger charge is 2.37. The first kappa shape index (κ1) is 28.4. The summed E-state index contributed by atoms with van der Waals surface area (Å²) in [6.45, 7) is 4.69. The van der Waals surface area contributed by atoms with E-state index in [1.807, 2.05) is 23.5 Å². The largest absolute Gasteiger partial charge is 0.452 e. The summed E-state index contributed by atoms with van der Waals surface area (Å²) in [5.74, 6) is 0.631. The Morgan fingerprint density at radius 2 is 1.38 bits per heavy atom. The molecule has 5 heteroatoms. The summed E-state index contributed by atoms with van der Waals surface area (Å²) in [7, 11) is 0.